The third-order valence-corrected chi connectivity index (χ3v) is 3.06. The maximum absolute atomic E-state index is 9.84. The SMILES string of the molecule is Oc1ccc(Cl)cc1-c1ccc2[nH]ccc2c1. The van der Waals surface area contributed by atoms with Crippen molar-refractivity contribution in [3.63, 3.8) is 0 Å². The molecular weight excluding hydrogens is 234 g/mol. The second-order valence-corrected chi connectivity index (χ2v) is 4.38. The molecule has 0 radical (unpaired) electrons. The van der Waals surface area contributed by atoms with Crippen molar-refractivity contribution in [2.75, 3.05) is 0 Å². The number of aromatic amines is 1. The fraction of sp³-hybridized carbons (Fsp3) is 0. The van der Waals surface area contributed by atoms with Gasteiger partial charge in [-0.2, -0.15) is 0 Å². The van der Waals surface area contributed by atoms with Crippen molar-refractivity contribution < 1.29 is 5.11 Å². The first-order valence-electron chi connectivity index (χ1n) is 5.30. The lowest BCUT2D eigenvalue weighted by atomic mass is 10.0. The van der Waals surface area contributed by atoms with E-state index in [1.165, 1.54) is 0 Å². The lowest BCUT2D eigenvalue weighted by Crippen LogP contribution is -1.79. The lowest BCUT2D eigenvalue weighted by Gasteiger charge is -2.05. The van der Waals surface area contributed by atoms with Crippen LogP contribution in [0.3, 0.4) is 0 Å². The van der Waals surface area contributed by atoms with Crippen LogP contribution in [0.25, 0.3) is 22.0 Å². The van der Waals surface area contributed by atoms with Gasteiger partial charge in [-0.25, -0.2) is 0 Å². The Morgan fingerprint density at radius 1 is 1.00 bits per heavy atom. The van der Waals surface area contributed by atoms with E-state index in [2.05, 4.69) is 4.98 Å². The zero-order chi connectivity index (χ0) is 11.8. The number of nitrogens with one attached hydrogen (secondary N) is 1. The average Bonchev–Trinajstić information content (AvgIpc) is 2.79. The van der Waals surface area contributed by atoms with Crippen molar-refractivity contribution in [2.45, 2.75) is 0 Å². The maximum Gasteiger partial charge on any atom is 0.123 e. The zero-order valence-electron chi connectivity index (χ0n) is 8.94. The van der Waals surface area contributed by atoms with Crippen molar-refractivity contribution in [3.05, 3.63) is 53.7 Å². The summed E-state index contributed by atoms with van der Waals surface area (Å²) in [6, 6.07) is 13.0. The summed E-state index contributed by atoms with van der Waals surface area (Å²) in [6.45, 7) is 0. The number of phenols is 1. The molecule has 0 aliphatic carbocycles. The number of phenolic OH excluding ortho intramolecular Hbond substituents is 1. The molecule has 3 heteroatoms. The van der Waals surface area contributed by atoms with E-state index in [1.807, 2.05) is 30.5 Å². The van der Waals surface area contributed by atoms with Crippen molar-refractivity contribution >= 4 is 22.5 Å². The van der Waals surface area contributed by atoms with Crippen LogP contribution in [0, 0.1) is 0 Å². The Morgan fingerprint density at radius 3 is 2.76 bits per heavy atom. The molecule has 17 heavy (non-hydrogen) atoms. The summed E-state index contributed by atoms with van der Waals surface area (Å²) < 4.78 is 0. The van der Waals surface area contributed by atoms with E-state index in [-0.39, 0.29) is 5.75 Å². The van der Waals surface area contributed by atoms with Crippen LogP contribution in [0.2, 0.25) is 5.02 Å². The Labute approximate surface area is 103 Å². The van der Waals surface area contributed by atoms with Gasteiger partial charge >= 0.3 is 0 Å². The third-order valence-electron chi connectivity index (χ3n) is 2.82. The van der Waals surface area contributed by atoms with Crippen LogP contribution in [0.5, 0.6) is 5.75 Å². The largest absolute Gasteiger partial charge is 0.507 e. The zero-order valence-corrected chi connectivity index (χ0v) is 9.70. The summed E-state index contributed by atoms with van der Waals surface area (Å²) in [6.07, 6.45) is 1.90. The van der Waals surface area contributed by atoms with Gasteiger partial charge < -0.3 is 10.1 Å². The molecule has 0 amide bonds. The standard InChI is InChI=1S/C14H10ClNO/c15-11-2-4-14(17)12(8-11)9-1-3-13-10(7-9)5-6-16-13/h1-8,16-17H. The number of aromatic hydroxyl groups is 1. The van der Waals surface area contributed by atoms with Gasteiger partial charge in [0.1, 0.15) is 5.75 Å². The van der Waals surface area contributed by atoms with Crippen LogP contribution < -0.4 is 0 Å². The van der Waals surface area contributed by atoms with Gasteiger partial charge in [0.25, 0.3) is 0 Å². The number of fused-ring (bicyclic) bond motifs is 1. The number of H-pyrrole nitrogens is 1. The lowest BCUT2D eigenvalue weighted by molar-refractivity contribution is 0.477. The van der Waals surface area contributed by atoms with Gasteiger partial charge in [-0.05, 0) is 47.3 Å². The minimum atomic E-state index is 0.240. The van der Waals surface area contributed by atoms with Gasteiger partial charge in [0.2, 0.25) is 0 Å². The quantitative estimate of drug-likeness (QED) is 0.660. The van der Waals surface area contributed by atoms with E-state index in [1.54, 1.807) is 18.2 Å². The normalized spacial score (nSPS) is 10.9. The summed E-state index contributed by atoms with van der Waals surface area (Å²) in [5.41, 5.74) is 2.79. The van der Waals surface area contributed by atoms with Crippen LogP contribution in [-0.4, -0.2) is 10.1 Å². The number of aromatic nitrogens is 1. The summed E-state index contributed by atoms with van der Waals surface area (Å²) in [7, 11) is 0. The predicted molar refractivity (Wildman–Crippen MR) is 70.4 cm³/mol. The number of hydrogen-bond acceptors (Lipinski definition) is 1. The summed E-state index contributed by atoms with van der Waals surface area (Å²) in [5.74, 6) is 0.240. The molecule has 0 aliphatic heterocycles. The number of benzene rings is 2. The molecule has 0 fully saturated rings. The molecule has 0 spiro atoms. The highest BCUT2D eigenvalue weighted by molar-refractivity contribution is 6.31. The van der Waals surface area contributed by atoms with E-state index in [0.29, 0.717) is 5.02 Å². The number of hydrogen-bond donors (Lipinski definition) is 2. The Bertz CT molecular complexity index is 688. The minimum absolute atomic E-state index is 0.240. The topological polar surface area (TPSA) is 36.0 Å². The van der Waals surface area contributed by atoms with Crippen molar-refractivity contribution in [1.82, 2.24) is 4.98 Å². The van der Waals surface area contributed by atoms with E-state index >= 15 is 0 Å². The first-order valence-corrected chi connectivity index (χ1v) is 5.68. The highest BCUT2D eigenvalue weighted by Crippen LogP contribution is 2.33. The molecule has 0 aliphatic rings. The first kappa shape index (κ1) is 10.2. The minimum Gasteiger partial charge on any atom is -0.507 e. The Balaban J connectivity index is 2.22. The molecule has 1 aromatic heterocycles. The van der Waals surface area contributed by atoms with Gasteiger partial charge in [-0.1, -0.05) is 17.7 Å². The summed E-state index contributed by atoms with van der Waals surface area (Å²) in [4.78, 5) is 3.14. The third kappa shape index (κ3) is 1.77. The molecule has 0 saturated carbocycles. The maximum atomic E-state index is 9.84. The monoisotopic (exact) mass is 243 g/mol. The Kier molecular flexibility index (Phi) is 2.30. The number of rotatable bonds is 1. The van der Waals surface area contributed by atoms with Gasteiger partial charge in [-0.15, -0.1) is 0 Å². The van der Waals surface area contributed by atoms with Crippen LogP contribution in [0.4, 0.5) is 0 Å². The smallest absolute Gasteiger partial charge is 0.123 e. The molecule has 84 valence electrons. The second kappa shape index (κ2) is 3.82. The Hall–Kier alpha value is -1.93. The van der Waals surface area contributed by atoms with Crippen LogP contribution in [0.15, 0.2) is 48.7 Å². The van der Waals surface area contributed by atoms with Crippen molar-refractivity contribution in [2.24, 2.45) is 0 Å². The van der Waals surface area contributed by atoms with Gasteiger partial charge in [0.15, 0.2) is 0 Å². The van der Waals surface area contributed by atoms with Crippen molar-refractivity contribution in [3.8, 4) is 16.9 Å². The first-order chi connectivity index (χ1) is 8.24. The second-order valence-electron chi connectivity index (χ2n) is 3.94. The molecule has 2 N–H and O–H groups in total. The molecular formula is C14H10ClNO. The average molecular weight is 244 g/mol. The van der Waals surface area contributed by atoms with E-state index in [4.69, 9.17) is 11.6 Å². The van der Waals surface area contributed by atoms with Gasteiger partial charge in [0, 0.05) is 22.3 Å². The van der Waals surface area contributed by atoms with E-state index in [9.17, 15) is 5.11 Å². The number of halogens is 1. The van der Waals surface area contributed by atoms with Crippen LogP contribution >= 0.6 is 11.6 Å². The fourth-order valence-electron chi connectivity index (χ4n) is 1.96. The fourth-order valence-corrected chi connectivity index (χ4v) is 2.13. The summed E-state index contributed by atoms with van der Waals surface area (Å²) >= 11 is 5.95. The predicted octanol–water partition coefficient (Wildman–Crippen LogP) is 4.19. The van der Waals surface area contributed by atoms with Crippen molar-refractivity contribution in [1.29, 1.82) is 0 Å². The molecule has 3 aromatic rings. The molecule has 1 heterocycles. The van der Waals surface area contributed by atoms with E-state index in [0.717, 1.165) is 22.0 Å². The molecule has 0 bridgehead atoms. The Morgan fingerprint density at radius 2 is 1.88 bits per heavy atom. The van der Waals surface area contributed by atoms with Gasteiger partial charge in [-0.3, -0.25) is 0 Å². The molecule has 0 unspecified atom stereocenters. The van der Waals surface area contributed by atoms with Gasteiger partial charge in [0.05, 0.1) is 0 Å². The summed E-state index contributed by atoms with van der Waals surface area (Å²) in [5, 5.41) is 11.6. The molecule has 2 aromatic carbocycles. The highest BCUT2D eigenvalue weighted by Gasteiger charge is 2.06. The molecule has 0 saturated heterocycles. The molecule has 2 nitrogen and oxygen atoms in total. The molecule has 3 rings (SSSR count). The van der Waals surface area contributed by atoms with Crippen LogP contribution in [0.1, 0.15) is 0 Å². The van der Waals surface area contributed by atoms with Crippen LogP contribution in [-0.2, 0) is 0 Å². The van der Waals surface area contributed by atoms with E-state index < -0.39 is 0 Å². The molecule has 0 atom stereocenters. The highest BCUT2D eigenvalue weighted by atomic mass is 35.5.